The summed E-state index contributed by atoms with van der Waals surface area (Å²) < 4.78 is 21.9. The summed E-state index contributed by atoms with van der Waals surface area (Å²) in [6.45, 7) is 5.13. The molecule has 6 heteroatoms. The van der Waals surface area contributed by atoms with Crippen LogP contribution in [0.2, 0.25) is 0 Å². The molecule has 152 valence electrons. The van der Waals surface area contributed by atoms with Crippen molar-refractivity contribution >= 4 is 17.8 Å². The van der Waals surface area contributed by atoms with Crippen LogP contribution in [0.15, 0.2) is 42.2 Å². The van der Waals surface area contributed by atoms with E-state index in [9.17, 15) is 9.59 Å². The molecular weight excluding hydrogens is 372 g/mol. The molecule has 0 radical (unpaired) electrons. The summed E-state index contributed by atoms with van der Waals surface area (Å²) in [7, 11) is 1.30. The summed E-state index contributed by atoms with van der Waals surface area (Å²) in [6.07, 6.45) is 3.66. The Balaban J connectivity index is 1.85. The zero-order valence-electron chi connectivity index (χ0n) is 16.8. The molecule has 1 aliphatic rings. The van der Waals surface area contributed by atoms with E-state index in [-0.39, 0.29) is 11.5 Å². The molecule has 0 fully saturated rings. The number of ether oxygens (including phenoxy) is 4. The molecule has 29 heavy (non-hydrogen) atoms. The molecule has 0 bridgehead atoms. The Kier molecular flexibility index (Phi) is 6.54. The van der Waals surface area contributed by atoms with Crippen molar-refractivity contribution in [1.29, 1.82) is 0 Å². The summed E-state index contributed by atoms with van der Waals surface area (Å²) >= 11 is 0. The number of allylic oxidation sites excluding steroid dienone is 1. The Morgan fingerprint density at radius 1 is 1.07 bits per heavy atom. The monoisotopic (exact) mass is 396 g/mol. The molecule has 0 unspecified atom stereocenters. The van der Waals surface area contributed by atoms with Crippen LogP contribution in [-0.2, 0) is 4.74 Å². The molecule has 0 aliphatic carbocycles. The fraction of sp³-hybridized carbons (Fsp3) is 0.304. The van der Waals surface area contributed by atoms with Gasteiger partial charge in [0.25, 0.3) is 0 Å². The number of Topliss-reactive ketones (excluding diaryl/α,β-unsaturated/α-hetero) is 1. The second-order valence-corrected chi connectivity index (χ2v) is 6.48. The Hall–Kier alpha value is -3.28. The zero-order chi connectivity index (χ0) is 20.8. The molecule has 2 aromatic rings. The minimum atomic E-state index is -0.502. The number of unbranched alkanes of at least 4 members (excludes halogenated alkanes) is 1. The van der Waals surface area contributed by atoms with Gasteiger partial charge in [0.15, 0.2) is 17.3 Å². The van der Waals surface area contributed by atoms with E-state index in [0.29, 0.717) is 41.6 Å². The Bertz CT molecular complexity index is 944. The first-order valence-electron chi connectivity index (χ1n) is 9.63. The number of hydrogen-bond acceptors (Lipinski definition) is 6. The van der Waals surface area contributed by atoms with Crippen molar-refractivity contribution in [3.63, 3.8) is 0 Å². The van der Waals surface area contributed by atoms with Crippen molar-refractivity contribution in [2.75, 3.05) is 20.3 Å². The zero-order valence-corrected chi connectivity index (χ0v) is 16.8. The van der Waals surface area contributed by atoms with Gasteiger partial charge in [-0.1, -0.05) is 19.4 Å². The van der Waals surface area contributed by atoms with Gasteiger partial charge in [-0.2, -0.15) is 0 Å². The number of methoxy groups -OCH3 is 1. The van der Waals surface area contributed by atoms with Gasteiger partial charge in [0.2, 0.25) is 5.78 Å². The number of rotatable bonds is 8. The van der Waals surface area contributed by atoms with Crippen LogP contribution in [0.25, 0.3) is 6.08 Å². The third-order valence-corrected chi connectivity index (χ3v) is 4.41. The van der Waals surface area contributed by atoms with E-state index in [1.165, 1.54) is 13.2 Å². The minimum Gasteiger partial charge on any atom is -0.490 e. The van der Waals surface area contributed by atoms with E-state index in [1.54, 1.807) is 18.2 Å². The van der Waals surface area contributed by atoms with E-state index < -0.39 is 5.97 Å². The molecule has 2 aromatic carbocycles. The van der Waals surface area contributed by atoms with Crippen molar-refractivity contribution < 1.29 is 28.5 Å². The van der Waals surface area contributed by atoms with Crippen molar-refractivity contribution in [2.24, 2.45) is 0 Å². The van der Waals surface area contributed by atoms with Gasteiger partial charge in [-0.3, -0.25) is 4.79 Å². The quantitative estimate of drug-likeness (QED) is 0.367. The van der Waals surface area contributed by atoms with Crippen molar-refractivity contribution in [3.8, 4) is 17.2 Å². The van der Waals surface area contributed by atoms with Crippen molar-refractivity contribution in [1.82, 2.24) is 0 Å². The van der Waals surface area contributed by atoms with Crippen LogP contribution in [0.5, 0.6) is 17.2 Å². The van der Waals surface area contributed by atoms with E-state index in [1.807, 2.05) is 25.1 Å². The van der Waals surface area contributed by atoms with Crippen molar-refractivity contribution in [2.45, 2.75) is 26.7 Å². The van der Waals surface area contributed by atoms with Crippen molar-refractivity contribution in [3.05, 3.63) is 58.8 Å². The predicted molar refractivity (Wildman–Crippen MR) is 109 cm³/mol. The highest BCUT2D eigenvalue weighted by atomic mass is 16.5. The van der Waals surface area contributed by atoms with Crippen LogP contribution in [0.4, 0.5) is 0 Å². The molecule has 1 aliphatic heterocycles. The number of esters is 1. The van der Waals surface area contributed by atoms with Gasteiger partial charge < -0.3 is 18.9 Å². The van der Waals surface area contributed by atoms with Crippen LogP contribution in [-0.4, -0.2) is 32.1 Å². The highest BCUT2D eigenvalue weighted by Gasteiger charge is 2.28. The summed E-state index contributed by atoms with van der Waals surface area (Å²) in [5.41, 5.74) is 1.39. The van der Waals surface area contributed by atoms with Gasteiger partial charge in [-0.05, 0) is 55.3 Å². The molecule has 0 amide bonds. The summed E-state index contributed by atoms with van der Waals surface area (Å²) in [4.78, 5) is 24.4. The molecule has 6 nitrogen and oxygen atoms in total. The number of carbonyl (C=O) groups excluding carboxylic acids is 2. The van der Waals surface area contributed by atoms with E-state index in [2.05, 4.69) is 6.92 Å². The fourth-order valence-corrected chi connectivity index (χ4v) is 2.91. The van der Waals surface area contributed by atoms with Gasteiger partial charge in [0, 0.05) is 0 Å². The van der Waals surface area contributed by atoms with Gasteiger partial charge in [0.05, 0.1) is 31.5 Å². The van der Waals surface area contributed by atoms with Crippen LogP contribution < -0.4 is 14.2 Å². The molecule has 1 heterocycles. The predicted octanol–water partition coefficient (Wildman–Crippen LogP) is 4.67. The van der Waals surface area contributed by atoms with Gasteiger partial charge in [-0.25, -0.2) is 4.79 Å². The topological polar surface area (TPSA) is 71.1 Å². The van der Waals surface area contributed by atoms with Crippen LogP contribution in [0.1, 0.15) is 53.0 Å². The lowest BCUT2D eigenvalue weighted by Gasteiger charge is -2.12. The highest BCUT2D eigenvalue weighted by molar-refractivity contribution is 6.15. The number of carbonyl (C=O) groups is 2. The SMILES string of the molecule is CCCCOc1ccc(C=C2Oc3ccc(C(=O)OC)cc3C2=O)cc1OCC. The molecule has 3 rings (SSSR count). The molecule has 0 N–H and O–H groups in total. The lowest BCUT2D eigenvalue weighted by Crippen LogP contribution is -2.03. The Morgan fingerprint density at radius 3 is 2.62 bits per heavy atom. The second kappa shape index (κ2) is 9.28. The Morgan fingerprint density at radius 2 is 1.90 bits per heavy atom. The van der Waals surface area contributed by atoms with Crippen LogP contribution in [0.3, 0.4) is 0 Å². The summed E-state index contributed by atoms with van der Waals surface area (Å²) in [5.74, 6) is 1.11. The molecular formula is C23H24O6. The first-order chi connectivity index (χ1) is 14.1. The molecule has 0 saturated heterocycles. The number of benzene rings is 2. The first-order valence-corrected chi connectivity index (χ1v) is 9.63. The van der Waals surface area contributed by atoms with Gasteiger partial charge in [0.1, 0.15) is 5.75 Å². The van der Waals surface area contributed by atoms with Crippen LogP contribution in [0, 0.1) is 0 Å². The lowest BCUT2D eigenvalue weighted by molar-refractivity contribution is 0.0600. The molecule has 0 saturated carbocycles. The third kappa shape index (κ3) is 4.59. The fourth-order valence-electron chi connectivity index (χ4n) is 2.91. The average molecular weight is 396 g/mol. The highest BCUT2D eigenvalue weighted by Crippen LogP contribution is 2.34. The van der Waals surface area contributed by atoms with E-state index in [4.69, 9.17) is 18.9 Å². The second-order valence-electron chi connectivity index (χ2n) is 6.48. The summed E-state index contributed by atoms with van der Waals surface area (Å²) in [5, 5.41) is 0. The van der Waals surface area contributed by atoms with E-state index in [0.717, 1.165) is 18.4 Å². The smallest absolute Gasteiger partial charge is 0.337 e. The third-order valence-electron chi connectivity index (χ3n) is 4.41. The summed E-state index contributed by atoms with van der Waals surface area (Å²) in [6, 6.07) is 10.1. The standard InChI is InChI=1S/C23H24O6/c1-4-6-11-28-19-9-7-15(12-20(19)27-5-2)13-21-22(24)17-14-16(23(25)26-3)8-10-18(17)29-21/h7-10,12-14H,4-6,11H2,1-3H3. The minimum absolute atomic E-state index is 0.184. The van der Waals surface area contributed by atoms with Crippen LogP contribution >= 0.6 is 0 Å². The number of hydrogen-bond donors (Lipinski definition) is 0. The van der Waals surface area contributed by atoms with Gasteiger partial charge in [-0.15, -0.1) is 0 Å². The maximum absolute atomic E-state index is 12.7. The molecule has 0 atom stereocenters. The lowest BCUT2D eigenvalue weighted by atomic mass is 10.1. The molecule has 0 spiro atoms. The average Bonchev–Trinajstić information content (AvgIpc) is 3.04. The maximum Gasteiger partial charge on any atom is 0.337 e. The largest absolute Gasteiger partial charge is 0.490 e. The number of ketones is 1. The Labute approximate surface area is 170 Å². The maximum atomic E-state index is 12.7. The van der Waals surface area contributed by atoms with E-state index >= 15 is 0 Å². The molecule has 0 aromatic heterocycles. The van der Waals surface area contributed by atoms with Gasteiger partial charge >= 0.3 is 5.97 Å². The first kappa shape index (κ1) is 20.5. The normalized spacial score (nSPS) is 13.8. The number of fused-ring (bicyclic) bond motifs is 1.